The fraction of sp³-hybridized carbons (Fsp3) is 0.353. The normalized spacial score (nSPS) is 17.1. The number of carbonyl (C=O) groups is 2. The van der Waals surface area contributed by atoms with Crippen molar-refractivity contribution in [1.82, 2.24) is 0 Å². The summed E-state index contributed by atoms with van der Waals surface area (Å²) < 4.78 is 32.7. The van der Waals surface area contributed by atoms with E-state index in [0.29, 0.717) is 37.6 Å². The van der Waals surface area contributed by atoms with E-state index in [9.17, 15) is 9.59 Å². The molecule has 0 N–H and O–H groups in total. The molecule has 0 spiro atoms. The lowest BCUT2D eigenvalue weighted by atomic mass is 10.1. The van der Waals surface area contributed by atoms with Gasteiger partial charge in [-0.05, 0) is 95.8 Å². The number of ether oxygens (including phenoxy) is 6. The highest BCUT2D eigenvalue weighted by molar-refractivity contribution is 5.96. The van der Waals surface area contributed by atoms with Crippen LogP contribution in [0.5, 0.6) is 11.5 Å². The molecule has 0 aliphatic carbocycles. The van der Waals surface area contributed by atoms with Crippen LogP contribution in [0.25, 0.3) is 21.5 Å². The monoisotopic (exact) mass is 570 g/mol. The van der Waals surface area contributed by atoms with E-state index < -0.39 is 0 Å². The molecule has 6 rings (SSSR count). The Labute approximate surface area is 244 Å². The molecule has 0 amide bonds. The maximum atomic E-state index is 12.5. The first-order valence-electron chi connectivity index (χ1n) is 14.5. The average molecular weight is 571 g/mol. The van der Waals surface area contributed by atoms with Crippen molar-refractivity contribution in [2.45, 2.75) is 37.9 Å². The van der Waals surface area contributed by atoms with Crippen molar-refractivity contribution in [2.75, 3.05) is 39.6 Å². The average Bonchev–Trinajstić information content (AvgIpc) is 3.95. The van der Waals surface area contributed by atoms with Gasteiger partial charge < -0.3 is 28.4 Å². The summed E-state index contributed by atoms with van der Waals surface area (Å²) >= 11 is 0. The third-order valence-corrected chi connectivity index (χ3v) is 7.28. The van der Waals surface area contributed by atoms with Crippen LogP contribution in [0.15, 0.2) is 72.8 Å². The summed E-state index contributed by atoms with van der Waals surface area (Å²) in [5, 5.41) is 3.91. The molecule has 2 atom stereocenters. The number of esters is 2. The molecular weight excluding hydrogens is 536 g/mol. The Morgan fingerprint density at radius 3 is 1.40 bits per heavy atom. The second-order valence-corrected chi connectivity index (χ2v) is 10.7. The number of hydrogen-bond donors (Lipinski definition) is 0. The van der Waals surface area contributed by atoms with Crippen LogP contribution in [-0.2, 0) is 18.9 Å². The Balaban J connectivity index is 0.861. The minimum atomic E-state index is -0.330. The Hall–Kier alpha value is -4.14. The number of fused-ring (bicyclic) bond motifs is 2. The summed E-state index contributed by atoms with van der Waals surface area (Å²) in [6, 6.07) is 22.7. The van der Waals surface area contributed by atoms with Crippen LogP contribution in [0.3, 0.4) is 0 Å². The molecule has 0 bridgehead atoms. The molecule has 2 aliphatic rings. The van der Waals surface area contributed by atoms with Crippen LogP contribution in [-0.4, -0.2) is 63.8 Å². The molecule has 2 heterocycles. The first-order chi connectivity index (χ1) is 20.6. The van der Waals surface area contributed by atoms with Crippen LogP contribution in [0, 0.1) is 0 Å². The molecule has 0 saturated carbocycles. The standard InChI is InChI=1S/C34H34O8/c35-33(27-7-5-25-17-29(11-9-23(25)15-27)39-19-31-21-41-31)37-13-3-1-2-4-14-38-34(36)28-8-6-26-18-30(12-10-24(26)16-28)40-20-32-22-42-32/h5-12,15-18,31-32H,1-4,13-14,19-22H2. The molecule has 218 valence electrons. The van der Waals surface area contributed by atoms with Crippen LogP contribution >= 0.6 is 0 Å². The van der Waals surface area contributed by atoms with Crippen molar-refractivity contribution >= 4 is 33.5 Å². The summed E-state index contributed by atoms with van der Waals surface area (Å²) in [5.41, 5.74) is 1.06. The van der Waals surface area contributed by atoms with Crippen molar-refractivity contribution in [2.24, 2.45) is 0 Å². The zero-order valence-electron chi connectivity index (χ0n) is 23.4. The fourth-order valence-electron chi connectivity index (χ4n) is 4.64. The number of benzene rings is 4. The summed E-state index contributed by atoms with van der Waals surface area (Å²) in [4.78, 5) is 25.0. The zero-order chi connectivity index (χ0) is 28.7. The molecule has 8 heteroatoms. The van der Waals surface area contributed by atoms with Gasteiger partial charge in [-0.1, -0.05) is 24.3 Å². The predicted octanol–water partition coefficient (Wildman–Crippen LogP) is 6.12. The summed E-state index contributed by atoms with van der Waals surface area (Å²) in [6.07, 6.45) is 3.68. The van der Waals surface area contributed by atoms with Crippen LogP contribution in [0.4, 0.5) is 0 Å². The maximum absolute atomic E-state index is 12.5. The highest BCUT2D eigenvalue weighted by Gasteiger charge is 2.23. The second kappa shape index (κ2) is 13.2. The quantitative estimate of drug-likeness (QED) is 0.0958. The van der Waals surface area contributed by atoms with E-state index >= 15 is 0 Å². The van der Waals surface area contributed by atoms with Gasteiger partial charge in [-0.15, -0.1) is 0 Å². The Morgan fingerprint density at radius 1 is 0.571 bits per heavy atom. The molecule has 2 fully saturated rings. The van der Waals surface area contributed by atoms with Gasteiger partial charge in [0.2, 0.25) is 0 Å². The maximum Gasteiger partial charge on any atom is 0.338 e. The fourth-order valence-corrected chi connectivity index (χ4v) is 4.64. The number of epoxide rings is 2. The minimum absolute atomic E-state index is 0.209. The van der Waals surface area contributed by atoms with E-state index in [4.69, 9.17) is 28.4 Å². The van der Waals surface area contributed by atoms with Gasteiger partial charge in [0.25, 0.3) is 0 Å². The summed E-state index contributed by atoms with van der Waals surface area (Å²) in [6.45, 7) is 3.34. The van der Waals surface area contributed by atoms with Gasteiger partial charge in [-0.25, -0.2) is 9.59 Å². The van der Waals surface area contributed by atoms with E-state index in [1.165, 1.54) is 0 Å². The lowest BCUT2D eigenvalue weighted by molar-refractivity contribution is 0.0474. The first-order valence-corrected chi connectivity index (χ1v) is 14.5. The molecule has 4 aromatic carbocycles. The van der Waals surface area contributed by atoms with Gasteiger partial charge in [0.05, 0.1) is 37.6 Å². The highest BCUT2D eigenvalue weighted by atomic mass is 16.6. The Kier molecular flexibility index (Phi) is 8.82. The van der Waals surface area contributed by atoms with Gasteiger partial charge in [-0.2, -0.15) is 0 Å². The van der Waals surface area contributed by atoms with Gasteiger partial charge >= 0.3 is 11.9 Å². The van der Waals surface area contributed by atoms with E-state index in [0.717, 1.165) is 71.9 Å². The van der Waals surface area contributed by atoms with Crippen molar-refractivity contribution < 1.29 is 38.0 Å². The molecule has 2 aliphatic heterocycles. The van der Waals surface area contributed by atoms with Crippen LogP contribution in [0.2, 0.25) is 0 Å². The highest BCUT2D eigenvalue weighted by Crippen LogP contribution is 2.25. The lowest BCUT2D eigenvalue weighted by Crippen LogP contribution is -2.07. The predicted molar refractivity (Wildman–Crippen MR) is 157 cm³/mol. The van der Waals surface area contributed by atoms with E-state index in [1.54, 1.807) is 12.1 Å². The van der Waals surface area contributed by atoms with Gasteiger partial charge in [0.15, 0.2) is 0 Å². The molecule has 42 heavy (non-hydrogen) atoms. The van der Waals surface area contributed by atoms with Crippen molar-refractivity contribution in [3.8, 4) is 11.5 Å². The Bertz CT molecular complexity index is 1440. The van der Waals surface area contributed by atoms with Gasteiger partial charge in [0.1, 0.15) is 36.9 Å². The van der Waals surface area contributed by atoms with E-state index in [1.807, 2.05) is 60.7 Å². The third-order valence-electron chi connectivity index (χ3n) is 7.28. The minimum Gasteiger partial charge on any atom is -0.491 e. The molecule has 0 aromatic heterocycles. The van der Waals surface area contributed by atoms with Crippen molar-refractivity contribution in [3.05, 3.63) is 83.9 Å². The molecule has 4 aromatic rings. The van der Waals surface area contributed by atoms with Crippen LogP contribution in [0.1, 0.15) is 46.4 Å². The number of carbonyl (C=O) groups excluding carboxylic acids is 2. The molecule has 0 radical (unpaired) electrons. The Morgan fingerprint density at radius 2 is 0.976 bits per heavy atom. The second-order valence-electron chi connectivity index (χ2n) is 10.7. The topological polar surface area (TPSA) is 96.1 Å². The van der Waals surface area contributed by atoms with Gasteiger partial charge in [-0.3, -0.25) is 0 Å². The zero-order valence-corrected chi connectivity index (χ0v) is 23.4. The summed E-state index contributed by atoms with van der Waals surface area (Å²) in [7, 11) is 0. The van der Waals surface area contributed by atoms with Crippen molar-refractivity contribution in [1.29, 1.82) is 0 Å². The molecule has 2 saturated heterocycles. The molecular formula is C34H34O8. The number of unbranched alkanes of at least 4 members (excludes halogenated alkanes) is 3. The third kappa shape index (κ3) is 7.78. The van der Waals surface area contributed by atoms with E-state index in [-0.39, 0.29) is 24.1 Å². The number of hydrogen-bond acceptors (Lipinski definition) is 8. The van der Waals surface area contributed by atoms with Crippen LogP contribution < -0.4 is 9.47 Å². The lowest BCUT2D eigenvalue weighted by Gasteiger charge is -2.09. The van der Waals surface area contributed by atoms with Crippen molar-refractivity contribution in [3.63, 3.8) is 0 Å². The van der Waals surface area contributed by atoms with Gasteiger partial charge in [0, 0.05) is 0 Å². The molecule has 2 unspecified atom stereocenters. The molecule has 8 nitrogen and oxygen atoms in total. The number of rotatable bonds is 15. The van der Waals surface area contributed by atoms with E-state index in [2.05, 4.69) is 0 Å². The SMILES string of the molecule is O=C(OCCCCCCOC(=O)c1ccc2cc(OCC3CO3)ccc2c1)c1ccc2cc(OCC3CO3)ccc2c1. The first kappa shape index (κ1) is 28.0. The summed E-state index contributed by atoms with van der Waals surface area (Å²) in [5.74, 6) is 0.919. The smallest absolute Gasteiger partial charge is 0.338 e. The largest absolute Gasteiger partial charge is 0.491 e.